The molecule has 0 radical (unpaired) electrons. The minimum absolute atomic E-state index is 0.0572. The van der Waals surface area contributed by atoms with Crippen molar-refractivity contribution >= 4 is 61.5 Å². The largest absolute Gasteiger partial charge is 0.352 e. The summed E-state index contributed by atoms with van der Waals surface area (Å²) in [7, 11) is -3.74. The average molecular weight is 665 g/mol. The van der Waals surface area contributed by atoms with Crippen molar-refractivity contribution in [3.63, 3.8) is 0 Å². The minimum Gasteiger partial charge on any atom is -0.352 e. The Labute approximate surface area is 274 Å². The molecule has 4 aromatic carbocycles. The van der Waals surface area contributed by atoms with E-state index in [0.717, 1.165) is 42.2 Å². The fraction of sp³-hybridized carbons (Fsp3) is 0.314. The fourth-order valence-corrected chi connectivity index (χ4v) is 8.54. The SMILES string of the molecule is O=C(NC1CCCC1)[C@@H](Cc1ccccc1)N(Cc1ccc(Cl)c(Cl)c1)C(=O)CCCN1c2cccc3cccc(c23)S1(=O)=O. The third-order valence-electron chi connectivity index (χ3n) is 8.74. The minimum atomic E-state index is -3.74. The Bertz CT molecular complexity index is 1820. The smallest absolute Gasteiger partial charge is 0.265 e. The molecule has 1 saturated carbocycles. The maximum absolute atomic E-state index is 14.1. The molecule has 1 fully saturated rings. The second-order valence-electron chi connectivity index (χ2n) is 11.8. The van der Waals surface area contributed by atoms with Crippen LogP contribution in [0.3, 0.4) is 0 Å². The number of sulfonamides is 1. The Balaban J connectivity index is 1.26. The number of hydrogen-bond donors (Lipinski definition) is 1. The van der Waals surface area contributed by atoms with E-state index in [4.69, 9.17) is 23.2 Å². The lowest BCUT2D eigenvalue weighted by atomic mass is 10.0. The van der Waals surface area contributed by atoms with E-state index in [0.29, 0.717) is 27.5 Å². The molecule has 1 heterocycles. The Hall–Kier alpha value is -3.59. The standard InChI is InChI=1S/C35H35Cl2N3O4S/c36-28-19-18-25(21-29(28)37)23-39(31(22-24-9-2-1-3-10-24)35(42)38-27-13-4-5-14-27)33(41)17-8-20-40-30-15-6-11-26-12-7-16-32(34(26)30)45(40,43)44/h1-3,6-7,9-12,15-16,18-19,21,27,31H,4-5,8,13-14,17,20,22-23H2,(H,38,42)/t31-/m1/s1. The molecule has 1 N–H and O–H groups in total. The number of carbonyl (C=O) groups excluding carboxylic acids is 2. The van der Waals surface area contributed by atoms with E-state index >= 15 is 0 Å². The Kier molecular flexibility index (Phi) is 9.36. The number of nitrogens with zero attached hydrogens (tertiary/aromatic N) is 2. The molecule has 2 amide bonds. The fourth-order valence-electron chi connectivity index (χ4n) is 6.47. The molecule has 6 rings (SSSR count). The normalized spacial score (nSPS) is 16.2. The summed E-state index contributed by atoms with van der Waals surface area (Å²) in [5.74, 6) is -0.431. The van der Waals surface area contributed by atoms with Crippen LogP contribution in [0.1, 0.15) is 49.7 Å². The maximum Gasteiger partial charge on any atom is 0.265 e. The van der Waals surface area contributed by atoms with Crippen molar-refractivity contribution in [1.82, 2.24) is 10.2 Å². The Morgan fingerprint density at radius 2 is 1.62 bits per heavy atom. The zero-order valence-electron chi connectivity index (χ0n) is 24.8. The van der Waals surface area contributed by atoms with Gasteiger partial charge in [-0.15, -0.1) is 0 Å². The number of amides is 2. The number of nitrogens with one attached hydrogen (secondary N) is 1. The highest BCUT2D eigenvalue weighted by Crippen LogP contribution is 2.42. The van der Waals surface area contributed by atoms with Gasteiger partial charge >= 0.3 is 0 Å². The van der Waals surface area contributed by atoms with Gasteiger partial charge in [-0.3, -0.25) is 13.9 Å². The lowest BCUT2D eigenvalue weighted by molar-refractivity contribution is -0.141. The summed E-state index contributed by atoms with van der Waals surface area (Å²) in [4.78, 5) is 30.0. The molecular weight excluding hydrogens is 629 g/mol. The molecule has 1 aliphatic heterocycles. The van der Waals surface area contributed by atoms with Gasteiger partial charge in [0.25, 0.3) is 10.0 Å². The van der Waals surface area contributed by atoms with Crippen molar-refractivity contribution in [2.24, 2.45) is 0 Å². The van der Waals surface area contributed by atoms with Gasteiger partial charge in [0, 0.05) is 37.4 Å². The van der Waals surface area contributed by atoms with Crippen LogP contribution in [-0.4, -0.2) is 43.8 Å². The van der Waals surface area contributed by atoms with Crippen molar-refractivity contribution in [3.8, 4) is 0 Å². The second kappa shape index (κ2) is 13.4. The molecule has 0 unspecified atom stereocenters. The Morgan fingerprint density at radius 3 is 2.36 bits per heavy atom. The quantitative estimate of drug-likeness (QED) is 0.185. The van der Waals surface area contributed by atoms with E-state index in [2.05, 4.69) is 5.32 Å². The highest BCUT2D eigenvalue weighted by atomic mass is 35.5. The van der Waals surface area contributed by atoms with Crippen molar-refractivity contribution in [2.75, 3.05) is 10.8 Å². The van der Waals surface area contributed by atoms with Crippen LogP contribution < -0.4 is 9.62 Å². The van der Waals surface area contributed by atoms with Crippen LogP contribution in [0.2, 0.25) is 10.0 Å². The summed E-state index contributed by atoms with van der Waals surface area (Å²) in [5, 5.41) is 5.54. The first kappa shape index (κ1) is 31.4. The zero-order chi connectivity index (χ0) is 31.6. The molecule has 1 aliphatic carbocycles. The highest BCUT2D eigenvalue weighted by molar-refractivity contribution is 7.93. The predicted molar refractivity (Wildman–Crippen MR) is 179 cm³/mol. The number of hydrogen-bond acceptors (Lipinski definition) is 4. The molecule has 2 aliphatic rings. The molecule has 0 spiro atoms. The number of rotatable bonds is 11. The van der Waals surface area contributed by atoms with E-state index < -0.39 is 16.1 Å². The molecule has 0 saturated heterocycles. The molecule has 7 nitrogen and oxygen atoms in total. The second-order valence-corrected chi connectivity index (χ2v) is 14.4. The first-order valence-corrected chi connectivity index (χ1v) is 17.5. The van der Waals surface area contributed by atoms with Gasteiger partial charge in [0.1, 0.15) is 6.04 Å². The topological polar surface area (TPSA) is 86.8 Å². The van der Waals surface area contributed by atoms with Crippen LogP contribution in [0.25, 0.3) is 10.8 Å². The van der Waals surface area contributed by atoms with E-state index in [1.54, 1.807) is 41.3 Å². The third-order valence-corrected chi connectivity index (χ3v) is 11.3. The summed E-state index contributed by atoms with van der Waals surface area (Å²) in [6.07, 6.45) is 4.65. The summed E-state index contributed by atoms with van der Waals surface area (Å²) in [5.41, 5.74) is 2.31. The highest BCUT2D eigenvalue weighted by Gasteiger charge is 2.36. The molecule has 0 aromatic heterocycles. The van der Waals surface area contributed by atoms with Gasteiger partial charge < -0.3 is 10.2 Å². The van der Waals surface area contributed by atoms with Crippen LogP contribution >= 0.6 is 23.2 Å². The van der Waals surface area contributed by atoms with Gasteiger partial charge in [-0.05, 0) is 60.0 Å². The van der Waals surface area contributed by atoms with Crippen LogP contribution in [0.4, 0.5) is 5.69 Å². The predicted octanol–water partition coefficient (Wildman–Crippen LogP) is 7.13. The van der Waals surface area contributed by atoms with E-state index in [-0.39, 0.29) is 48.7 Å². The van der Waals surface area contributed by atoms with Crippen molar-refractivity contribution in [2.45, 2.75) is 68.5 Å². The van der Waals surface area contributed by atoms with Crippen LogP contribution in [0, 0.1) is 0 Å². The van der Waals surface area contributed by atoms with Gasteiger partial charge in [0.2, 0.25) is 11.8 Å². The maximum atomic E-state index is 14.1. The zero-order valence-corrected chi connectivity index (χ0v) is 27.1. The Morgan fingerprint density at radius 1 is 0.889 bits per heavy atom. The number of halogens is 2. The number of anilines is 1. The van der Waals surface area contributed by atoms with Crippen LogP contribution in [0.15, 0.2) is 89.8 Å². The van der Waals surface area contributed by atoms with Crippen LogP contribution in [-0.2, 0) is 32.6 Å². The summed E-state index contributed by atoms with van der Waals surface area (Å²) in [6, 6.07) is 25.0. The molecule has 1 atom stereocenters. The van der Waals surface area contributed by atoms with E-state index in [9.17, 15) is 18.0 Å². The van der Waals surface area contributed by atoms with Gasteiger partial charge in [-0.25, -0.2) is 8.42 Å². The molecule has 0 bridgehead atoms. The van der Waals surface area contributed by atoms with E-state index in [1.165, 1.54) is 4.31 Å². The lowest BCUT2D eigenvalue weighted by Gasteiger charge is -2.32. The van der Waals surface area contributed by atoms with Gasteiger partial charge in [0.15, 0.2) is 0 Å². The van der Waals surface area contributed by atoms with Gasteiger partial charge in [0.05, 0.1) is 20.6 Å². The molecular formula is C35H35Cl2N3O4S. The summed E-state index contributed by atoms with van der Waals surface area (Å²) < 4.78 is 28.4. The van der Waals surface area contributed by atoms with Crippen molar-refractivity contribution in [1.29, 1.82) is 0 Å². The van der Waals surface area contributed by atoms with Gasteiger partial charge in [-0.1, -0.05) is 96.7 Å². The van der Waals surface area contributed by atoms with Crippen LogP contribution in [0.5, 0.6) is 0 Å². The third kappa shape index (κ3) is 6.69. The lowest BCUT2D eigenvalue weighted by Crippen LogP contribution is -2.52. The number of benzene rings is 4. The first-order chi connectivity index (χ1) is 21.7. The van der Waals surface area contributed by atoms with Crippen molar-refractivity contribution < 1.29 is 18.0 Å². The number of carbonyl (C=O) groups is 2. The van der Waals surface area contributed by atoms with Crippen molar-refractivity contribution in [3.05, 3.63) is 106 Å². The first-order valence-electron chi connectivity index (χ1n) is 15.3. The molecule has 45 heavy (non-hydrogen) atoms. The summed E-state index contributed by atoms with van der Waals surface area (Å²) >= 11 is 12.5. The average Bonchev–Trinajstić information content (AvgIpc) is 3.62. The molecule has 234 valence electrons. The molecule has 4 aromatic rings. The molecule has 10 heteroatoms. The van der Waals surface area contributed by atoms with E-state index in [1.807, 2.05) is 48.5 Å². The monoisotopic (exact) mass is 663 g/mol. The summed E-state index contributed by atoms with van der Waals surface area (Å²) in [6.45, 7) is 0.290. The van der Waals surface area contributed by atoms with Gasteiger partial charge in [-0.2, -0.15) is 0 Å².